The molecule has 1 atom stereocenters. The summed E-state index contributed by atoms with van der Waals surface area (Å²) in [6.07, 6.45) is 4.24. The Labute approximate surface area is 111 Å². The highest BCUT2D eigenvalue weighted by atomic mass is 35.5. The molecule has 0 spiro atoms. The Bertz CT molecular complexity index is 482. The SMILES string of the molecule is CNC(Cc1ccoc1)c1ccc(Cl)cc1Cl. The topological polar surface area (TPSA) is 25.2 Å². The van der Waals surface area contributed by atoms with E-state index in [1.807, 2.05) is 25.2 Å². The zero-order chi connectivity index (χ0) is 12.3. The van der Waals surface area contributed by atoms with Gasteiger partial charge in [0.1, 0.15) is 0 Å². The molecular formula is C13H13Cl2NO. The Kier molecular flexibility index (Phi) is 4.11. The third kappa shape index (κ3) is 3.03. The van der Waals surface area contributed by atoms with Crippen LogP contribution in [-0.2, 0) is 6.42 Å². The lowest BCUT2D eigenvalue weighted by atomic mass is 10.0. The number of rotatable bonds is 4. The van der Waals surface area contributed by atoms with Gasteiger partial charge in [-0.05, 0) is 42.8 Å². The summed E-state index contributed by atoms with van der Waals surface area (Å²) in [6.45, 7) is 0. The van der Waals surface area contributed by atoms with Crippen molar-refractivity contribution in [2.24, 2.45) is 0 Å². The highest BCUT2D eigenvalue weighted by Crippen LogP contribution is 2.28. The third-order valence-corrected chi connectivity index (χ3v) is 3.27. The minimum absolute atomic E-state index is 0.150. The second-order valence-electron chi connectivity index (χ2n) is 3.84. The summed E-state index contributed by atoms with van der Waals surface area (Å²) in [5.41, 5.74) is 2.18. The lowest BCUT2D eigenvalue weighted by Crippen LogP contribution is -2.19. The smallest absolute Gasteiger partial charge is 0.0935 e. The van der Waals surface area contributed by atoms with Crippen molar-refractivity contribution in [1.29, 1.82) is 0 Å². The van der Waals surface area contributed by atoms with E-state index in [9.17, 15) is 0 Å². The highest BCUT2D eigenvalue weighted by molar-refractivity contribution is 6.35. The van der Waals surface area contributed by atoms with Gasteiger partial charge in [0.25, 0.3) is 0 Å². The maximum Gasteiger partial charge on any atom is 0.0935 e. The van der Waals surface area contributed by atoms with Crippen LogP contribution in [0.4, 0.5) is 0 Å². The van der Waals surface area contributed by atoms with Crippen LogP contribution in [0.2, 0.25) is 10.0 Å². The average Bonchev–Trinajstić information content (AvgIpc) is 2.79. The van der Waals surface area contributed by atoms with Gasteiger partial charge in [-0.2, -0.15) is 0 Å². The van der Waals surface area contributed by atoms with Gasteiger partial charge in [-0.15, -0.1) is 0 Å². The van der Waals surface area contributed by atoms with Crippen LogP contribution in [0.3, 0.4) is 0 Å². The van der Waals surface area contributed by atoms with Crippen molar-refractivity contribution >= 4 is 23.2 Å². The normalized spacial score (nSPS) is 12.6. The van der Waals surface area contributed by atoms with Crippen LogP contribution in [-0.4, -0.2) is 7.05 Å². The summed E-state index contributed by atoms with van der Waals surface area (Å²) in [4.78, 5) is 0. The van der Waals surface area contributed by atoms with E-state index >= 15 is 0 Å². The first-order chi connectivity index (χ1) is 8.20. The Hall–Kier alpha value is -0.960. The second-order valence-corrected chi connectivity index (χ2v) is 4.69. The Morgan fingerprint density at radius 1 is 1.29 bits per heavy atom. The summed E-state index contributed by atoms with van der Waals surface area (Å²) in [5, 5.41) is 4.58. The van der Waals surface area contributed by atoms with Crippen molar-refractivity contribution in [3.63, 3.8) is 0 Å². The van der Waals surface area contributed by atoms with E-state index in [2.05, 4.69) is 5.32 Å². The van der Waals surface area contributed by atoms with E-state index in [-0.39, 0.29) is 6.04 Å². The molecule has 1 unspecified atom stereocenters. The quantitative estimate of drug-likeness (QED) is 0.905. The Morgan fingerprint density at radius 3 is 2.71 bits per heavy atom. The summed E-state index contributed by atoms with van der Waals surface area (Å²) in [6, 6.07) is 7.66. The van der Waals surface area contributed by atoms with Crippen LogP contribution >= 0.6 is 23.2 Å². The van der Waals surface area contributed by atoms with Gasteiger partial charge in [0.05, 0.1) is 12.5 Å². The van der Waals surface area contributed by atoms with Gasteiger partial charge in [-0.1, -0.05) is 29.3 Å². The van der Waals surface area contributed by atoms with E-state index in [4.69, 9.17) is 27.6 Å². The van der Waals surface area contributed by atoms with Crippen LogP contribution in [0.1, 0.15) is 17.2 Å². The lowest BCUT2D eigenvalue weighted by Gasteiger charge is -2.17. The van der Waals surface area contributed by atoms with E-state index in [1.54, 1.807) is 18.6 Å². The fourth-order valence-corrected chi connectivity index (χ4v) is 2.34. The fraction of sp³-hybridized carbons (Fsp3) is 0.231. The molecule has 0 saturated heterocycles. The average molecular weight is 270 g/mol. The number of hydrogen-bond donors (Lipinski definition) is 1. The molecule has 1 aromatic carbocycles. The number of furan rings is 1. The van der Waals surface area contributed by atoms with Crippen molar-refractivity contribution in [1.82, 2.24) is 5.32 Å². The first-order valence-electron chi connectivity index (χ1n) is 5.34. The molecule has 0 aliphatic heterocycles. The van der Waals surface area contributed by atoms with E-state index in [1.165, 1.54) is 0 Å². The fourth-order valence-electron chi connectivity index (χ4n) is 1.80. The van der Waals surface area contributed by atoms with E-state index < -0.39 is 0 Å². The van der Waals surface area contributed by atoms with Gasteiger partial charge in [0.15, 0.2) is 0 Å². The third-order valence-electron chi connectivity index (χ3n) is 2.71. The monoisotopic (exact) mass is 269 g/mol. The molecule has 1 heterocycles. The number of halogens is 2. The number of benzene rings is 1. The molecule has 0 saturated carbocycles. The number of hydrogen-bond acceptors (Lipinski definition) is 2. The summed E-state index contributed by atoms with van der Waals surface area (Å²) < 4.78 is 5.06. The highest BCUT2D eigenvalue weighted by Gasteiger charge is 2.14. The molecule has 0 fully saturated rings. The summed E-state index contributed by atoms with van der Waals surface area (Å²) in [7, 11) is 1.91. The van der Waals surface area contributed by atoms with E-state index in [0.29, 0.717) is 10.0 Å². The van der Waals surface area contributed by atoms with Crippen molar-refractivity contribution in [3.05, 3.63) is 58.0 Å². The predicted octanol–water partition coefficient (Wildman–Crippen LogP) is 4.09. The van der Waals surface area contributed by atoms with E-state index in [0.717, 1.165) is 17.5 Å². The summed E-state index contributed by atoms with van der Waals surface area (Å²) >= 11 is 12.1. The minimum Gasteiger partial charge on any atom is -0.472 e. The van der Waals surface area contributed by atoms with Crippen LogP contribution in [0.5, 0.6) is 0 Å². The zero-order valence-electron chi connectivity index (χ0n) is 9.41. The van der Waals surface area contributed by atoms with Crippen molar-refractivity contribution in [3.8, 4) is 0 Å². The molecule has 1 N–H and O–H groups in total. The van der Waals surface area contributed by atoms with Gasteiger partial charge >= 0.3 is 0 Å². The van der Waals surface area contributed by atoms with Gasteiger partial charge < -0.3 is 9.73 Å². The van der Waals surface area contributed by atoms with Crippen molar-refractivity contribution < 1.29 is 4.42 Å². The van der Waals surface area contributed by atoms with Crippen LogP contribution in [0.15, 0.2) is 41.2 Å². The molecule has 4 heteroatoms. The first-order valence-corrected chi connectivity index (χ1v) is 6.09. The van der Waals surface area contributed by atoms with Crippen molar-refractivity contribution in [2.45, 2.75) is 12.5 Å². The molecule has 90 valence electrons. The summed E-state index contributed by atoms with van der Waals surface area (Å²) in [5.74, 6) is 0. The Balaban J connectivity index is 2.23. The molecule has 0 aliphatic carbocycles. The molecule has 0 radical (unpaired) electrons. The predicted molar refractivity (Wildman–Crippen MR) is 70.7 cm³/mol. The van der Waals surface area contributed by atoms with Crippen LogP contribution < -0.4 is 5.32 Å². The van der Waals surface area contributed by atoms with Crippen LogP contribution in [0, 0.1) is 0 Å². The molecule has 2 nitrogen and oxygen atoms in total. The van der Waals surface area contributed by atoms with Gasteiger partial charge in [0.2, 0.25) is 0 Å². The number of nitrogens with one attached hydrogen (secondary N) is 1. The van der Waals surface area contributed by atoms with Gasteiger partial charge in [0, 0.05) is 16.1 Å². The Morgan fingerprint density at radius 2 is 2.12 bits per heavy atom. The van der Waals surface area contributed by atoms with Gasteiger partial charge in [-0.3, -0.25) is 0 Å². The molecule has 2 rings (SSSR count). The molecule has 17 heavy (non-hydrogen) atoms. The first kappa shape index (κ1) is 12.5. The zero-order valence-corrected chi connectivity index (χ0v) is 10.9. The second kappa shape index (κ2) is 5.58. The molecule has 2 aromatic rings. The molecular weight excluding hydrogens is 257 g/mol. The molecule has 0 bridgehead atoms. The molecule has 1 aromatic heterocycles. The lowest BCUT2D eigenvalue weighted by molar-refractivity contribution is 0.551. The van der Waals surface area contributed by atoms with Crippen LogP contribution in [0.25, 0.3) is 0 Å². The minimum atomic E-state index is 0.150. The van der Waals surface area contributed by atoms with Gasteiger partial charge in [-0.25, -0.2) is 0 Å². The maximum absolute atomic E-state index is 6.20. The molecule has 0 amide bonds. The number of likely N-dealkylation sites (N-methyl/N-ethyl adjacent to an activating group) is 1. The standard InChI is InChI=1S/C13H13Cl2NO/c1-16-13(6-9-4-5-17-8-9)11-3-2-10(14)7-12(11)15/h2-5,7-8,13,16H,6H2,1H3. The molecule has 0 aliphatic rings. The maximum atomic E-state index is 6.20. The largest absolute Gasteiger partial charge is 0.472 e. The van der Waals surface area contributed by atoms with Crippen molar-refractivity contribution in [2.75, 3.05) is 7.05 Å².